The minimum atomic E-state index is -0.0839. The van der Waals surface area contributed by atoms with Gasteiger partial charge in [-0.05, 0) is 55.5 Å². The number of aromatic nitrogens is 3. The number of nitrogens with one attached hydrogen (secondary N) is 2. The van der Waals surface area contributed by atoms with Crippen LogP contribution in [0.3, 0.4) is 0 Å². The average molecular weight is 435 g/mol. The van der Waals surface area contributed by atoms with Crippen LogP contribution < -0.4 is 16.4 Å². The summed E-state index contributed by atoms with van der Waals surface area (Å²) in [6, 6.07) is 13.3. The summed E-state index contributed by atoms with van der Waals surface area (Å²) >= 11 is 1.60. The van der Waals surface area contributed by atoms with E-state index in [0.717, 1.165) is 47.7 Å². The van der Waals surface area contributed by atoms with Gasteiger partial charge in [-0.3, -0.25) is 4.79 Å². The summed E-state index contributed by atoms with van der Waals surface area (Å²) in [6.07, 6.45) is 9.48. The number of hydrogen-bond donors (Lipinski definition) is 3. The van der Waals surface area contributed by atoms with Gasteiger partial charge in [0.2, 0.25) is 0 Å². The molecule has 0 saturated heterocycles. The van der Waals surface area contributed by atoms with Crippen LogP contribution in [0.5, 0.6) is 0 Å². The number of carbonyl (C=O) groups is 1. The lowest BCUT2D eigenvalue weighted by molar-refractivity contribution is 0.0921. The smallest absolute Gasteiger partial charge is 0.251 e. The third-order valence-corrected chi connectivity index (χ3v) is 6.12. The first-order chi connectivity index (χ1) is 15.1. The molecule has 0 aliphatic heterocycles. The van der Waals surface area contributed by atoms with Gasteiger partial charge in [-0.15, -0.1) is 11.8 Å². The standard InChI is InChI=1S/C23H26N6OS/c1-31-22-11-8-16(13-25-22)20-12-21(27-14-26-20)28-17-9-6-15(7-10-17)23(30)29-19-5-3-2-4-18(19)24/h6-14,18-19H,2-5,24H2,1H3,(H,29,30)(H,26,27,28). The highest BCUT2D eigenvalue weighted by atomic mass is 32.2. The topological polar surface area (TPSA) is 106 Å². The van der Waals surface area contributed by atoms with Crippen molar-refractivity contribution in [3.05, 3.63) is 60.6 Å². The lowest BCUT2D eigenvalue weighted by atomic mass is 9.91. The van der Waals surface area contributed by atoms with Crippen LogP contribution in [0.25, 0.3) is 11.3 Å². The number of nitrogens with zero attached hydrogens (tertiary/aromatic N) is 3. The molecule has 1 amide bonds. The molecule has 2 aromatic heterocycles. The lowest BCUT2D eigenvalue weighted by Crippen LogP contribution is -2.49. The second kappa shape index (κ2) is 9.89. The second-order valence-corrected chi connectivity index (χ2v) is 8.43. The van der Waals surface area contributed by atoms with Crippen LogP contribution in [0.4, 0.5) is 11.5 Å². The molecule has 2 atom stereocenters. The number of pyridine rings is 1. The van der Waals surface area contributed by atoms with E-state index in [1.54, 1.807) is 23.9 Å². The number of hydrogen-bond acceptors (Lipinski definition) is 7. The van der Waals surface area contributed by atoms with Crippen LogP contribution in [-0.4, -0.2) is 39.2 Å². The number of rotatable bonds is 6. The van der Waals surface area contributed by atoms with Gasteiger partial charge in [-0.25, -0.2) is 15.0 Å². The zero-order valence-electron chi connectivity index (χ0n) is 17.4. The Hall–Kier alpha value is -2.97. The number of benzene rings is 1. The molecule has 7 nitrogen and oxygen atoms in total. The van der Waals surface area contributed by atoms with Crippen molar-refractivity contribution in [2.75, 3.05) is 11.6 Å². The highest BCUT2D eigenvalue weighted by molar-refractivity contribution is 7.98. The van der Waals surface area contributed by atoms with Crippen LogP contribution in [0, 0.1) is 0 Å². The van der Waals surface area contributed by atoms with Gasteiger partial charge in [0.1, 0.15) is 12.1 Å². The molecule has 2 unspecified atom stereocenters. The summed E-state index contributed by atoms with van der Waals surface area (Å²) in [5.41, 5.74) is 9.32. The van der Waals surface area contributed by atoms with Crippen LogP contribution in [0.15, 0.2) is 60.0 Å². The quantitative estimate of drug-likeness (QED) is 0.504. The number of carbonyl (C=O) groups excluding carboxylic acids is 1. The Bertz CT molecular complexity index is 1020. The number of amides is 1. The van der Waals surface area contributed by atoms with Crippen molar-refractivity contribution in [3.8, 4) is 11.3 Å². The highest BCUT2D eigenvalue weighted by Gasteiger charge is 2.23. The Morgan fingerprint density at radius 2 is 1.87 bits per heavy atom. The minimum Gasteiger partial charge on any atom is -0.348 e. The molecule has 2 heterocycles. The fourth-order valence-corrected chi connectivity index (χ4v) is 4.04. The third kappa shape index (κ3) is 5.39. The van der Waals surface area contributed by atoms with Crippen LogP contribution in [0.1, 0.15) is 36.0 Å². The van der Waals surface area contributed by atoms with E-state index in [0.29, 0.717) is 11.4 Å². The molecule has 3 aromatic rings. The van der Waals surface area contributed by atoms with Gasteiger partial charge in [-0.2, -0.15) is 0 Å². The van der Waals surface area contributed by atoms with E-state index >= 15 is 0 Å². The highest BCUT2D eigenvalue weighted by Crippen LogP contribution is 2.23. The van der Waals surface area contributed by atoms with Gasteiger partial charge in [0.05, 0.1) is 10.7 Å². The predicted molar refractivity (Wildman–Crippen MR) is 124 cm³/mol. The Balaban J connectivity index is 1.41. The van der Waals surface area contributed by atoms with E-state index < -0.39 is 0 Å². The molecule has 0 bridgehead atoms. The number of thioether (sulfide) groups is 1. The van der Waals surface area contributed by atoms with Crippen molar-refractivity contribution < 1.29 is 4.79 Å². The number of anilines is 2. The van der Waals surface area contributed by atoms with Gasteiger partial charge in [0.25, 0.3) is 5.91 Å². The van der Waals surface area contributed by atoms with E-state index in [1.165, 1.54) is 6.33 Å². The summed E-state index contributed by atoms with van der Waals surface area (Å²) < 4.78 is 0. The second-order valence-electron chi connectivity index (χ2n) is 7.61. The van der Waals surface area contributed by atoms with Gasteiger partial charge in [-0.1, -0.05) is 12.8 Å². The monoisotopic (exact) mass is 434 g/mol. The van der Waals surface area contributed by atoms with Crippen LogP contribution >= 0.6 is 11.8 Å². The molecular weight excluding hydrogens is 408 g/mol. The first kappa shape index (κ1) is 21.3. The summed E-state index contributed by atoms with van der Waals surface area (Å²) in [6.45, 7) is 0. The van der Waals surface area contributed by atoms with Crippen molar-refractivity contribution in [1.82, 2.24) is 20.3 Å². The van der Waals surface area contributed by atoms with Crippen molar-refractivity contribution in [1.29, 1.82) is 0 Å². The molecule has 1 saturated carbocycles. The van der Waals surface area contributed by atoms with E-state index in [2.05, 4.69) is 25.6 Å². The predicted octanol–water partition coefficient (Wildman–Crippen LogP) is 4.00. The zero-order valence-corrected chi connectivity index (χ0v) is 18.2. The van der Waals surface area contributed by atoms with Crippen molar-refractivity contribution >= 4 is 29.2 Å². The van der Waals surface area contributed by atoms with E-state index in [9.17, 15) is 4.79 Å². The maximum absolute atomic E-state index is 12.6. The van der Waals surface area contributed by atoms with Crippen molar-refractivity contribution in [2.24, 2.45) is 5.73 Å². The lowest BCUT2D eigenvalue weighted by Gasteiger charge is -2.29. The normalized spacial score (nSPS) is 18.4. The van der Waals surface area contributed by atoms with Gasteiger partial charge < -0.3 is 16.4 Å². The van der Waals surface area contributed by atoms with E-state index in [1.807, 2.05) is 42.8 Å². The largest absolute Gasteiger partial charge is 0.348 e. The Kier molecular flexibility index (Phi) is 6.79. The molecule has 0 radical (unpaired) electrons. The first-order valence-electron chi connectivity index (χ1n) is 10.4. The molecule has 1 aliphatic rings. The molecule has 1 aliphatic carbocycles. The zero-order chi connectivity index (χ0) is 21.6. The fraction of sp³-hybridized carbons (Fsp3) is 0.304. The molecule has 1 aromatic carbocycles. The Morgan fingerprint density at radius 3 is 2.58 bits per heavy atom. The van der Waals surface area contributed by atoms with Crippen LogP contribution in [-0.2, 0) is 0 Å². The van der Waals surface area contributed by atoms with E-state index in [-0.39, 0.29) is 18.0 Å². The van der Waals surface area contributed by atoms with Gasteiger partial charge >= 0.3 is 0 Å². The fourth-order valence-electron chi connectivity index (χ4n) is 3.68. The van der Waals surface area contributed by atoms with E-state index in [4.69, 9.17) is 5.73 Å². The summed E-state index contributed by atoms with van der Waals surface area (Å²) in [7, 11) is 0. The SMILES string of the molecule is CSc1ccc(-c2cc(Nc3ccc(C(=O)NC4CCCCC4N)cc3)ncn2)cn1. The van der Waals surface area contributed by atoms with Gasteiger partial charge in [0.15, 0.2) is 0 Å². The van der Waals surface area contributed by atoms with Gasteiger partial charge in [0, 0.05) is 41.2 Å². The average Bonchev–Trinajstić information content (AvgIpc) is 2.81. The molecule has 4 rings (SSSR count). The number of nitrogens with two attached hydrogens (primary N) is 1. The maximum Gasteiger partial charge on any atom is 0.251 e. The Morgan fingerprint density at radius 1 is 1.06 bits per heavy atom. The first-order valence-corrected chi connectivity index (χ1v) is 11.6. The van der Waals surface area contributed by atoms with Crippen molar-refractivity contribution in [3.63, 3.8) is 0 Å². The molecule has 4 N–H and O–H groups in total. The third-order valence-electron chi connectivity index (χ3n) is 5.46. The molecule has 31 heavy (non-hydrogen) atoms. The van der Waals surface area contributed by atoms with Crippen LogP contribution in [0.2, 0.25) is 0 Å². The molecule has 8 heteroatoms. The van der Waals surface area contributed by atoms with Crippen molar-refractivity contribution in [2.45, 2.75) is 42.8 Å². The molecule has 160 valence electrons. The maximum atomic E-state index is 12.6. The molecule has 1 fully saturated rings. The summed E-state index contributed by atoms with van der Waals surface area (Å²) in [5, 5.41) is 7.30. The minimum absolute atomic E-state index is 0.0396. The summed E-state index contributed by atoms with van der Waals surface area (Å²) in [4.78, 5) is 25.6. The summed E-state index contributed by atoms with van der Waals surface area (Å²) in [5.74, 6) is 0.587. The molecular formula is C23H26N6OS. The Labute approximate surface area is 186 Å². The molecule has 0 spiro atoms.